The number of hydrogen-bond acceptors (Lipinski definition) is 4. The van der Waals surface area contributed by atoms with E-state index in [0.29, 0.717) is 24.1 Å². The molecule has 22 heavy (non-hydrogen) atoms. The van der Waals surface area contributed by atoms with Gasteiger partial charge in [-0.2, -0.15) is 0 Å². The lowest BCUT2D eigenvalue weighted by atomic mass is 10.0. The number of halogens is 1. The van der Waals surface area contributed by atoms with E-state index in [0.717, 1.165) is 44.8 Å². The van der Waals surface area contributed by atoms with Gasteiger partial charge in [-0.05, 0) is 18.3 Å². The maximum atomic E-state index is 12.8. The predicted octanol–water partition coefficient (Wildman–Crippen LogP) is 1.18. The zero-order valence-corrected chi connectivity index (χ0v) is 14.8. The molecule has 5 nitrogen and oxygen atoms in total. The summed E-state index contributed by atoms with van der Waals surface area (Å²) < 4.78 is 0. The standard InChI is InChI=1S/C15H25N3O2S.ClH/c1-2-3-4-14(19)18-10-21-9-13(18)15(20)17-7-11-5-16-6-12(11)8-17;/h11-13,16H,2-10H2,1H3;1H/t11-,12+,13?;. The Labute approximate surface area is 142 Å². The lowest BCUT2D eigenvalue weighted by Gasteiger charge is -2.27. The molecule has 1 unspecified atom stereocenters. The van der Waals surface area contributed by atoms with Crippen molar-refractivity contribution in [3.8, 4) is 0 Å². The van der Waals surface area contributed by atoms with E-state index in [9.17, 15) is 9.59 Å². The number of hydrogen-bond donors (Lipinski definition) is 1. The SMILES string of the molecule is CCCCC(=O)N1CSCC1C(=O)N1C[C@H]2CNC[C@H]2C1.Cl. The Bertz CT molecular complexity index is 412. The number of unbranched alkanes of at least 4 members (excludes halogenated alkanes) is 1. The van der Waals surface area contributed by atoms with Crippen LogP contribution in [0, 0.1) is 11.8 Å². The van der Waals surface area contributed by atoms with Crippen molar-refractivity contribution in [2.45, 2.75) is 32.2 Å². The summed E-state index contributed by atoms with van der Waals surface area (Å²) in [6.07, 6.45) is 2.52. The second kappa shape index (κ2) is 7.88. The predicted molar refractivity (Wildman–Crippen MR) is 91.2 cm³/mol. The number of nitrogens with one attached hydrogen (secondary N) is 1. The molecule has 0 aromatic heterocycles. The minimum Gasteiger partial charge on any atom is -0.340 e. The molecule has 0 aromatic carbocycles. The van der Waals surface area contributed by atoms with Crippen LogP contribution in [0.3, 0.4) is 0 Å². The lowest BCUT2D eigenvalue weighted by molar-refractivity contribution is -0.143. The van der Waals surface area contributed by atoms with E-state index in [1.165, 1.54) is 0 Å². The molecule has 3 rings (SSSR count). The van der Waals surface area contributed by atoms with Gasteiger partial charge in [-0.1, -0.05) is 13.3 Å². The average Bonchev–Trinajstić information content (AvgIpc) is 3.17. The van der Waals surface area contributed by atoms with Crippen molar-refractivity contribution in [3.63, 3.8) is 0 Å². The van der Waals surface area contributed by atoms with Crippen LogP contribution in [0.4, 0.5) is 0 Å². The van der Waals surface area contributed by atoms with Crippen molar-refractivity contribution in [3.05, 3.63) is 0 Å². The Hall–Kier alpha value is -0.460. The van der Waals surface area contributed by atoms with Gasteiger partial charge < -0.3 is 15.1 Å². The van der Waals surface area contributed by atoms with Crippen molar-refractivity contribution < 1.29 is 9.59 Å². The summed E-state index contributed by atoms with van der Waals surface area (Å²) in [5, 5.41) is 3.40. The molecule has 1 N–H and O–H groups in total. The molecule has 3 heterocycles. The van der Waals surface area contributed by atoms with Gasteiger partial charge in [0.2, 0.25) is 11.8 Å². The number of nitrogens with zero attached hydrogens (tertiary/aromatic N) is 2. The molecule has 0 aliphatic carbocycles. The molecule has 0 bridgehead atoms. The van der Waals surface area contributed by atoms with Crippen LogP contribution in [0.25, 0.3) is 0 Å². The van der Waals surface area contributed by atoms with Crippen LogP contribution in [0.2, 0.25) is 0 Å². The molecule has 0 radical (unpaired) electrons. The van der Waals surface area contributed by atoms with Gasteiger partial charge >= 0.3 is 0 Å². The lowest BCUT2D eigenvalue weighted by Crippen LogP contribution is -2.48. The van der Waals surface area contributed by atoms with Gasteiger partial charge in [0.15, 0.2) is 0 Å². The summed E-state index contributed by atoms with van der Waals surface area (Å²) in [5.74, 6) is 3.02. The Morgan fingerprint density at radius 2 is 1.91 bits per heavy atom. The zero-order valence-electron chi connectivity index (χ0n) is 13.1. The number of carbonyl (C=O) groups excluding carboxylic acids is 2. The molecule has 3 atom stereocenters. The van der Waals surface area contributed by atoms with Crippen LogP contribution >= 0.6 is 24.2 Å². The summed E-state index contributed by atoms with van der Waals surface area (Å²) in [6.45, 7) is 5.90. The van der Waals surface area contributed by atoms with E-state index in [1.807, 2.05) is 9.80 Å². The summed E-state index contributed by atoms with van der Waals surface area (Å²) >= 11 is 1.71. The number of thioether (sulfide) groups is 1. The quantitative estimate of drug-likeness (QED) is 0.829. The summed E-state index contributed by atoms with van der Waals surface area (Å²) in [6, 6.07) is -0.217. The highest BCUT2D eigenvalue weighted by Gasteiger charge is 2.43. The molecule has 3 aliphatic rings. The van der Waals surface area contributed by atoms with Gasteiger partial charge in [0, 0.05) is 38.4 Å². The molecule has 7 heteroatoms. The normalized spacial score (nSPS) is 30.3. The van der Waals surface area contributed by atoms with Gasteiger partial charge in [-0.3, -0.25) is 9.59 Å². The topological polar surface area (TPSA) is 52.7 Å². The molecule has 126 valence electrons. The third-order valence-electron chi connectivity index (χ3n) is 4.93. The van der Waals surface area contributed by atoms with E-state index >= 15 is 0 Å². The largest absolute Gasteiger partial charge is 0.340 e. The van der Waals surface area contributed by atoms with Crippen molar-refractivity contribution in [2.75, 3.05) is 37.8 Å². The first-order chi connectivity index (χ1) is 10.2. The van der Waals surface area contributed by atoms with Crippen molar-refractivity contribution >= 4 is 36.0 Å². The van der Waals surface area contributed by atoms with Crippen molar-refractivity contribution in [2.24, 2.45) is 11.8 Å². The molecule has 0 saturated carbocycles. The summed E-state index contributed by atoms with van der Waals surface area (Å²) in [7, 11) is 0. The fourth-order valence-electron chi connectivity index (χ4n) is 3.61. The molecule has 3 aliphatic heterocycles. The highest BCUT2D eigenvalue weighted by atomic mass is 35.5. The zero-order chi connectivity index (χ0) is 14.8. The molecule has 0 aromatic rings. The Morgan fingerprint density at radius 3 is 2.55 bits per heavy atom. The van der Waals surface area contributed by atoms with Crippen molar-refractivity contribution in [1.29, 1.82) is 0 Å². The highest BCUT2D eigenvalue weighted by molar-refractivity contribution is 7.99. The Balaban J connectivity index is 0.00000176. The van der Waals surface area contributed by atoms with Crippen LogP contribution in [-0.2, 0) is 9.59 Å². The number of carbonyl (C=O) groups is 2. The minimum atomic E-state index is -0.217. The molecule has 2 amide bonds. The first-order valence-corrected chi connectivity index (χ1v) is 9.23. The van der Waals surface area contributed by atoms with Gasteiger partial charge in [0.05, 0.1) is 5.88 Å². The molecular weight excluding hydrogens is 322 g/mol. The van der Waals surface area contributed by atoms with Crippen molar-refractivity contribution in [1.82, 2.24) is 15.1 Å². The van der Waals surface area contributed by atoms with E-state index in [1.54, 1.807) is 11.8 Å². The van der Waals surface area contributed by atoms with E-state index in [-0.39, 0.29) is 30.3 Å². The van der Waals surface area contributed by atoms with Crippen LogP contribution in [0.1, 0.15) is 26.2 Å². The van der Waals surface area contributed by atoms with Crippen LogP contribution in [0.15, 0.2) is 0 Å². The smallest absolute Gasteiger partial charge is 0.246 e. The fraction of sp³-hybridized carbons (Fsp3) is 0.867. The van der Waals surface area contributed by atoms with Crippen LogP contribution in [-0.4, -0.2) is 65.5 Å². The maximum Gasteiger partial charge on any atom is 0.246 e. The first-order valence-electron chi connectivity index (χ1n) is 8.07. The Kier molecular flexibility index (Phi) is 6.41. The van der Waals surface area contributed by atoms with Crippen LogP contribution < -0.4 is 5.32 Å². The second-order valence-corrected chi connectivity index (χ2v) is 7.40. The average molecular weight is 348 g/mol. The van der Waals surface area contributed by atoms with E-state index in [2.05, 4.69) is 12.2 Å². The maximum absolute atomic E-state index is 12.8. The molecule has 3 fully saturated rings. The summed E-state index contributed by atoms with van der Waals surface area (Å²) in [4.78, 5) is 28.8. The molecule has 3 saturated heterocycles. The summed E-state index contributed by atoms with van der Waals surface area (Å²) in [5.41, 5.74) is 0. The van der Waals surface area contributed by atoms with Gasteiger partial charge in [-0.15, -0.1) is 24.2 Å². The molecular formula is C15H26ClN3O2S. The third kappa shape index (κ3) is 3.54. The third-order valence-corrected chi connectivity index (χ3v) is 5.95. The second-order valence-electron chi connectivity index (χ2n) is 6.40. The van der Waals surface area contributed by atoms with E-state index in [4.69, 9.17) is 0 Å². The number of likely N-dealkylation sites (tertiary alicyclic amines) is 1. The molecule has 0 spiro atoms. The minimum absolute atomic E-state index is 0. The van der Waals surface area contributed by atoms with Gasteiger partial charge in [-0.25, -0.2) is 0 Å². The number of fused-ring (bicyclic) bond motifs is 1. The fourth-order valence-corrected chi connectivity index (χ4v) is 4.78. The monoisotopic (exact) mass is 347 g/mol. The first kappa shape index (κ1) is 17.9. The number of amides is 2. The number of rotatable bonds is 4. The highest BCUT2D eigenvalue weighted by Crippen LogP contribution is 2.30. The van der Waals surface area contributed by atoms with Crippen LogP contribution in [0.5, 0.6) is 0 Å². The van der Waals surface area contributed by atoms with Gasteiger partial charge in [0.1, 0.15) is 6.04 Å². The Morgan fingerprint density at radius 1 is 1.23 bits per heavy atom. The van der Waals surface area contributed by atoms with E-state index < -0.39 is 0 Å². The van der Waals surface area contributed by atoms with Gasteiger partial charge in [0.25, 0.3) is 0 Å².